The van der Waals surface area contributed by atoms with Crippen molar-refractivity contribution in [2.45, 2.75) is 58.0 Å². The third-order valence-electron chi connectivity index (χ3n) is 6.57. The van der Waals surface area contributed by atoms with Crippen molar-refractivity contribution >= 4 is 39.1 Å². The Morgan fingerprint density at radius 1 is 1.13 bits per heavy atom. The smallest absolute Gasteiger partial charge is 0.119 e. The molecule has 0 saturated heterocycles. The summed E-state index contributed by atoms with van der Waals surface area (Å²) in [5.41, 5.74) is 2.97. The molecule has 0 aliphatic heterocycles. The number of methoxy groups -OCH3 is 1. The molecule has 2 aromatic carbocycles. The summed E-state index contributed by atoms with van der Waals surface area (Å²) in [6.45, 7) is 6.60. The number of anilines is 1. The van der Waals surface area contributed by atoms with Crippen molar-refractivity contribution in [3.05, 3.63) is 41.4 Å². The van der Waals surface area contributed by atoms with Crippen molar-refractivity contribution < 1.29 is 4.74 Å². The number of nitrogens with one attached hydrogen (secondary N) is 1. The first-order chi connectivity index (χ1) is 14.6. The van der Waals surface area contributed by atoms with Gasteiger partial charge in [0, 0.05) is 41.0 Å². The van der Waals surface area contributed by atoms with Gasteiger partial charge in [-0.05, 0) is 62.6 Å². The molecule has 4 rings (SSSR count). The zero-order valence-corrected chi connectivity index (χ0v) is 19.0. The normalized spacial score (nSPS) is 15.9. The van der Waals surface area contributed by atoms with Gasteiger partial charge in [0.2, 0.25) is 0 Å². The minimum Gasteiger partial charge on any atom is -0.497 e. The van der Waals surface area contributed by atoms with E-state index in [0.717, 1.165) is 52.4 Å². The first-order valence-electron chi connectivity index (χ1n) is 11.2. The van der Waals surface area contributed by atoms with Crippen LogP contribution in [-0.4, -0.2) is 42.2 Å². The fraction of sp³-hybridized carbons (Fsp3) is 0.480. The first kappa shape index (κ1) is 21.2. The molecule has 1 atom stereocenters. The van der Waals surface area contributed by atoms with E-state index in [4.69, 9.17) is 21.3 Å². The second-order valence-corrected chi connectivity index (χ2v) is 8.83. The summed E-state index contributed by atoms with van der Waals surface area (Å²) in [6, 6.07) is 13.3. The Balaban J connectivity index is 1.65. The molecule has 1 aromatic heterocycles. The van der Waals surface area contributed by atoms with Crippen molar-refractivity contribution in [3.63, 3.8) is 0 Å². The molecule has 160 valence electrons. The molecular formula is C25H32ClN3O. The topological polar surface area (TPSA) is 37.4 Å². The lowest BCUT2D eigenvalue weighted by Crippen LogP contribution is -2.42. The second kappa shape index (κ2) is 9.40. The van der Waals surface area contributed by atoms with Crippen LogP contribution in [0.15, 0.2) is 36.4 Å². The number of fused-ring (bicyclic) bond motifs is 2. The molecule has 0 bridgehead atoms. The number of hydrogen-bond donors (Lipinski definition) is 1. The number of aromatic nitrogens is 1. The van der Waals surface area contributed by atoms with Crippen molar-refractivity contribution in [2.75, 3.05) is 25.5 Å². The molecule has 4 nitrogen and oxygen atoms in total. The molecule has 1 N–H and O–H groups in total. The van der Waals surface area contributed by atoms with Gasteiger partial charge >= 0.3 is 0 Å². The highest BCUT2D eigenvalue weighted by Gasteiger charge is 2.25. The van der Waals surface area contributed by atoms with Gasteiger partial charge in [0.1, 0.15) is 5.75 Å². The number of nitrogens with zero attached hydrogens (tertiary/aromatic N) is 2. The van der Waals surface area contributed by atoms with Crippen LogP contribution in [0.25, 0.3) is 21.8 Å². The van der Waals surface area contributed by atoms with Crippen LogP contribution >= 0.6 is 11.6 Å². The highest BCUT2D eigenvalue weighted by Crippen LogP contribution is 2.34. The van der Waals surface area contributed by atoms with E-state index < -0.39 is 0 Å². The van der Waals surface area contributed by atoms with Crippen LogP contribution in [0, 0.1) is 0 Å². The molecular weight excluding hydrogens is 394 g/mol. The molecule has 1 unspecified atom stereocenters. The molecule has 1 aliphatic rings. The van der Waals surface area contributed by atoms with Crippen molar-refractivity contribution in [1.29, 1.82) is 0 Å². The van der Waals surface area contributed by atoms with E-state index in [0.29, 0.717) is 11.1 Å². The van der Waals surface area contributed by atoms with Gasteiger partial charge in [-0.15, -0.1) is 0 Å². The fourth-order valence-corrected chi connectivity index (χ4v) is 4.92. The van der Waals surface area contributed by atoms with E-state index in [2.05, 4.69) is 36.2 Å². The predicted octanol–water partition coefficient (Wildman–Crippen LogP) is 6.51. The van der Waals surface area contributed by atoms with E-state index in [1.807, 2.05) is 24.3 Å². The highest BCUT2D eigenvalue weighted by molar-refractivity contribution is 6.31. The Bertz CT molecular complexity index is 1020. The number of benzene rings is 2. The molecule has 0 radical (unpaired) electrons. The molecule has 30 heavy (non-hydrogen) atoms. The lowest BCUT2D eigenvalue weighted by Gasteiger charge is -2.34. The van der Waals surface area contributed by atoms with E-state index >= 15 is 0 Å². The van der Waals surface area contributed by atoms with Crippen molar-refractivity contribution in [3.8, 4) is 5.75 Å². The molecule has 5 heteroatoms. The van der Waals surface area contributed by atoms with Gasteiger partial charge in [-0.2, -0.15) is 0 Å². The average molecular weight is 426 g/mol. The fourth-order valence-electron chi connectivity index (χ4n) is 4.76. The summed E-state index contributed by atoms with van der Waals surface area (Å²) in [5, 5.41) is 6.64. The Morgan fingerprint density at radius 2 is 1.93 bits per heavy atom. The maximum atomic E-state index is 6.25. The van der Waals surface area contributed by atoms with Crippen LogP contribution in [0.1, 0.15) is 46.0 Å². The van der Waals surface area contributed by atoms with E-state index in [1.54, 1.807) is 7.11 Å². The largest absolute Gasteiger partial charge is 0.497 e. The summed E-state index contributed by atoms with van der Waals surface area (Å²) in [7, 11) is 1.70. The molecule has 1 heterocycles. The SMILES string of the molecule is CCC(C)N(CCNc1c2ccc(Cl)cc2nc2ccc(OC)cc12)C1CCCC1. The predicted molar refractivity (Wildman–Crippen MR) is 128 cm³/mol. The Hall–Kier alpha value is -2.04. The minimum atomic E-state index is 0.611. The van der Waals surface area contributed by atoms with Crippen LogP contribution in [-0.2, 0) is 0 Å². The Kier molecular flexibility index (Phi) is 6.64. The van der Waals surface area contributed by atoms with Gasteiger partial charge in [-0.1, -0.05) is 31.4 Å². The Morgan fingerprint density at radius 3 is 2.67 bits per heavy atom. The third kappa shape index (κ3) is 4.35. The van der Waals surface area contributed by atoms with Crippen LogP contribution in [0.5, 0.6) is 5.75 Å². The number of hydrogen-bond acceptors (Lipinski definition) is 4. The molecule has 1 saturated carbocycles. The molecule has 0 amide bonds. The van der Waals surface area contributed by atoms with Gasteiger partial charge in [-0.25, -0.2) is 4.98 Å². The lowest BCUT2D eigenvalue weighted by molar-refractivity contribution is 0.148. The van der Waals surface area contributed by atoms with Gasteiger partial charge in [0.25, 0.3) is 0 Å². The maximum absolute atomic E-state index is 6.25. The zero-order valence-electron chi connectivity index (χ0n) is 18.2. The van der Waals surface area contributed by atoms with E-state index in [-0.39, 0.29) is 0 Å². The Labute approximate surface area is 184 Å². The quantitative estimate of drug-likeness (QED) is 0.417. The number of pyridine rings is 1. The summed E-state index contributed by atoms with van der Waals surface area (Å²) < 4.78 is 5.48. The van der Waals surface area contributed by atoms with Crippen molar-refractivity contribution in [2.24, 2.45) is 0 Å². The summed E-state index contributed by atoms with van der Waals surface area (Å²) >= 11 is 6.25. The van der Waals surface area contributed by atoms with E-state index in [1.165, 1.54) is 32.1 Å². The number of halogens is 1. The number of ether oxygens (including phenoxy) is 1. The lowest BCUT2D eigenvalue weighted by atomic mass is 10.1. The maximum Gasteiger partial charge on any atom is 0.119 e. The van der Waals surface area contributed by atoms with Gasteiger partial charge in [-0.3, -0.25) is 4.90 Å². The minimum absolute atomic E-state index is 0.611. The van der Waals surface area contributed by atoms with Crippen LogP contribution in [0.2, 0.25) is 5.02 Å². The van der Waals surface area contributed by atoms with Gasteiger partial charge in [0.05, 0.1) is 23.8 Å². The summed E-state index contributed by atoms with van der Waals surface area (Å²) in [6.07, 6.45) is 6.59. The summed E-state index contributed by atoms with van der Waals surface area (Å²) in [5.74, 6) is 0.841. The van der Waals surface area contributed by atoms with Crippen LogP contribution in [0.4, 0.5) is 5.69 Å². The monoisotopic (exact) mass is 425 g/mol. The van der Waals surface area contributed by atoms with Crippen LogP contribution < -0.4 is 10.1 Å². The standard InChI is InChI=1S/C25H32ClN3O/c1-4-17(2)29(19-7-5-6-8-19)14-13-27-25-21-11-9-18(26)15-24(21)28-23-12-10-20(30-3)16-22(23)25/h9-12,15-17,19H,4-8,13-14H2,1-3H3,(H,27,28). The molecule has 3 aromatic rings. The highest BCUT2D eigenvalue weighted by atomic mass is 35.5. The van der Waals surface area contributed by atoms with Gasteiger partial charge < -0.3 is 10.1 Å². The van der Waals surface area contributed by atoms with Gasteiger partial charge in [0.15, 0.2) is 0 Å². The van der Waals surface area contributed by atoms with E-state index in [9.17, 15) is 0 Å². The third-order valence-corrected chi connectivity index (χ3v) is 6.80. The summed E-state index contributed by atoms with van der Waals surface area (Å²) in [4.78, 5) is 7.54. The van der Waals surface area contributed by atoms with Crippen molar-refractivity contribution in [1.82, 2.24) is 9.88 Å². The molecule has 1 aliphatic carbocycles. The van der Waals surface area contributed by atoms with Crippen LogP contribution in [0.3, 0.4) is 0 Å². The zero-order chi connectivity index (χ0) is 21.1. The molecule has 1 fully saturated rings. The molecule has 0 spiro atoms. The second-order valence-electron chi connectivity index (χ2n) is 8.39. The average Bonchev–Trinajstić information content (AvgIpc) is 3.29. The first-order valence-corrected chi connectivity index (χ1v) is 11.5. The number of rotatable bonds is 8.